The molecule has 6 heteroatoms. The van der Waals surface area contributed by atoms with Crippen LogP contribution in [0.15, 0.2) is 70.7 Å². The highest BCUT2D eigenvalue weighted by Crippen LogP contribution is 2.34. The fourth-order valence-electron chi connectivity index (χ4n) is 2.65. The van der Waals surface area contributed by atoms with Gasteiger partial charge in [0.25, 0.3) is 0 Å². The second kappa shape index (κ2) is 6.09. The van der Waals surface area contributed by atoms with Gasteiger partial charge in [-0.1, -0.05) is 41.6 Å². The summed E-state index contributed by atoms with van der Waals surface area (Å²) >= 11 is 7.87. The summed E-state index contributed by atoms with van der Waals surface area (Å²) in [5.74, 6) is 0. The van der Waals surface area contributed by atoms with Crippen molar-refractivity contribution in [2.45, 2.75) is 16.5 Å². The largest absolute Gasteiger partial charge is 0.491 e. The molecule has 114 valence electrons. The fourth-order valence-corrected chi connectivity index (χ4v) is 3.85. The van der Waals surface area contributed by atoms with E-state index in [2.05, 4.69) is 4.57 Å². The summed E-state index contributed by atoms with van der Waals surface area (Å²) in [4.78, 5) is 1.01. The minimum atomic E-state index is -0.833. The molecule has 1 N–H and O–H groups in total. The maximum Gasteiger partial charge on any atom is 0.491 e. The topological polar surface area (TPSA) is 34.4 Å². The molecule has 0 unspecified atom stereocenters. The maximum absolute atomic E-state index is 9.89. The molecular weight excluding hydrogens is 329 g/mol. The van der Waals surface area contributed by atoms with E-state index >= 15 is 0 Å². The molecule has 0 atom stereocenters. The van der Waals surface area contributed by atoms with Crippen LogP contribution in [0.3, 0.4) is 0 Å². The number of fused-ring (bicyclic) bond motifs is 1. The second-order valence-corrected chi connectivity index (χ2v) is 6.76. The van der Waals surface area contributed by atoms with E-state index in [0.29, 0.717) is 6.61 Å². The average Bonchev–Trinajstić information content (AvgIpc) is 3.17. The van der Waals surface area contributed by atoms with Crippen molar-refractivity contribution in [3.8, 4) is 5.69 Å². The van der Waals surface area contributed by atoms with Crippen LogP contribution >= 0.6 is 23.4 Å². The van der Waals surface area contributed by atoms with E-state index in [1.807, 2.05) is 60.8 Å². The highest BCUT2D eigenvalue weighted by Gasteiger charge is 2.27. The molecule has 2 aromatic carbocycles. The average molecular weight is 342 g/mol. The molecule has 0 radical (unpaired) electrons. The van der Waals surface area contributed by atoms with E-state index in [-0.39, 0.29) is 0 Å². The Morgan fingerprint density at radius 3 is 2.87 bits per heavy atom. The summed E-state index contributed by atoms with van der Waals surface area (Å²) in [7, 11) is -0.833. The van der Waals surface area contributed by atoms with E-state index in [0.717, 1.165) is 31.7 Å². The Morgan fingerprint density at radius 2 is 2.00 bits per heavy atom. The predicted octanol–water partition coefficient (Wildman–Crippen LogP) is 3.50. The van der Waals surface area contributed by atoms with Gasteiger partial charge in [0.1, 0.15) is 0 Å². The zero-order valence-corrected chi connectivity index (χ0v) is 13.7. The second-order valence-electron chi connectivity index (χ2n) is 5.30. The molecule has 0 saturated carbocycles. The summed E-state index contributed by atoms with van der Waals surface area (Å²) in [6.07, 6.45) is 2.00. The van der Waals surface area contributed by atoms with Gasteiger partial charge in [-0.05, 0) is 47.4 Å². The highest BCUT2D eigenvalue weighted by molar-refractivity contribution is 7.99. The Balaban J connectivity index is 1.71. The normalized spacial score (nSPS) is 13.4. The van der Waals surface area contributed by atoms with Gasteiger partial charge in [-0.25, -0.2) is 0 Å². The third-order valence-electron chi connectivity index (χ3n) is 3.83. The Labute approximate surface area is 144 Å². The van der Waals surface area contributed by atoms with Gasteiger partial charge in [-0.3, -0.25) is 0 Å². The predicted molar refractivity (Wildman–Crippen MR) is 93.7 cm³/mol. The third kappa shape index (κ3) is 2.81. The van der Waals surface area contributed by atoms with Crippen LogP contribution < -0.4 is 5.46 Å². The molecule has 3 aromatic rings. The number of nitrogens with zero attached hydrogens (tertiary/aromatic N) is 1. The molecule has 0 saturated heterocycles. The lowest BCUT2D eigenvalue weighted by Gasteiger charge is -2.11. The van der Waals surface area contributed by atoms with Crippen LogP contribution in [-0.4, -0.2) is 16.7 Å². The van der Waals surface area contributed by atoms with Crippen molar-refractivity contribution < 1.29 is 9.68 Å². The molecule has 0 fully saturated rings. The molecule has 1 aliphatic rings. The minimum absolute atomic E-state index is 0.462. The van der Waals surface area contributed by atoms with Crippen molar-refractivity contribution in [1.82, 2.24) is 4.57 Å². The summed E-state index contributed by atoms with van der Waals surface area (Å²) in [5, 5.41) is 11.7. The van der Waals surface area contributed by atoms with Crippen molar-refractivity contribution in [2.24, 2.45) is 0 Å². The first-order chi connectivity index (χ1) is 11.2. The fraction of sp³-hybridized carbons (Fsp3) is 0.0588. The maximum atomic E-state index is 9.89. The van der Waals surface area contributed by atoms with Gasteiger partial charge < -0.3 is 14.2 Å². The standard InChI is InChI=1S/C17H13BClNO2S/c19-15-4-1-2-5-16(15)23-17-6-3-9-20(17)13-8-7-12-11-22-18(21)14(12)10-13/h1-10,21H,11H2. The van der Waals surface area contributed by atoms with Gasteiger partial charge in [-0.2, -0.15) is 0 Å². The molecule has 1 aliphatic heterocycles. The summed E-state index contributed by atoms with van der Waals surface area (Å²) in [6.45, 7) is 0.462. The Hall–Kier alpha value is -1.66. The quantitative estimate of drug-likeness (QED) is 0.740. The molecule has 0 amide bonds. The molecule has 4 rings (SSSR count). The lowest BCUT2D eigenvalue weighted by atomic mass is 9.79. The number of rotatable bonds is 3. The SMILES string of the molecule is OB1OCc2ccc(-n3cccc3Sc3ccccc3Cl)cc21. The monoisotopic (exact) mass is 341 g/mol. The lowest BCUT2D eigenvalue weighted by molar-refractivity contribution is 0.275. The summed E-state index contributed by atoms with van der Waals surface area (Å²) in [5.41, 5.74) is 2.87. The zero-order valence-electron chi connectivity index (χ0n) is 12.1. The molecule has 2 heterocycles. The first kappa shape index (κ1) is 14.9. The number of aromatic nitrogens is 1. The van der Waals surface area contributed by atoms with E-state index in [1.165, 1.54) is 0 Å². The molecule has 0 spiro atoms. The summed E-state index contributed by atoms with van der Waals surface area (Å²) in [6, 6.07) is 17.9. The van der Waals surface area contributed by atoms with E-state index in [4.69, 9.17) is 16.3 Å². The van der Waals surface area contributed by atoms with Gasteiger partial charge in [0.15, 0.2) is 0 Å². The Bertz CT molecular complexity index is 867. The minimum Gasteiger partial charge on any atom is -0.423 e. The molecule has 3 nitrogen and oxygen atoms in total. The summed E-state index contributed by atoms with van der Waals surface area (Å²) < 4.78 is 7.34. The van der Waals surface area contributed by atoms with Crippen LogP contribution in [0.25, 0.3) is 5.69 Å². The smallest absolute Gasteiger partial charge is 0.423 e. The number of hydrogen-bond donors (Lipinski definition) is 1. The van der Waals surface area contributed by atoms with Gasteiger partial charge in [-0.15, -0.1) is 0 Å². The highest BCUT2D eigenvalue weighted by atomic mass is 35.5. The molecule has 23 heavy (non-hydrogen) atoms. The third-order valence-corrected chi connectivity index (χ3v) is 5.39. The number of hydrogen-bond acceptors (Lipinski definition) is 3. The van der Waals surface area contributed by atoms with Crippen LogP contribution in [0.4, 0.5) is 0 Å². The van der Waals surface area contributed by atoms with Crippen molar-refractivity contribution in [3.63, 3.8) is 0 Å². The van der Waals surface area contributed by atoms with Gasteiger partial charge >= 0.3 is 7.12 Å². The van der Waals surface area contributed by atoms with E-state index < -0.39 is 7.12 Å². The molecule has 0 bridgehead atoms. The van der Waals surface area contributed by atoms with Crippen LogP contribution in [0, 0.1) is 0 Å². The van der Waals surface area contributed by atoms with Crippen LogP contribution in [0.5, 0.6) is 0 Å². The van der Waals surface area contributed by atoms with E-state index in [9.17, 15) is 5.02 Å². The number of halogens is 1. The van der Waals surface area contributed by atoms with Crippen LogP contribution in [-0.2, 0) is 11.3 Å². The van der Waals surface area contributed by atoms with Crippen LogP contribution in [0.1, 0.15) is 5.56 Å². The van der Waals surface area contributed by atoms with E-state index in [1.54, 1.807) is 11.8 Å². The molecular formula is C17H13BClNO2S. The van der Waals surface area contributed by atoms with Crippen molar-refractivity contribution in [3.05, 3.63) is 71.4 Å². The van der Waals surface area contributed by atoms with Gasteiger partial charge in [0.05, 0.1) is 16.7 Å². The molecule has 1 aromatic heterocycles. The zero-order chi connectivity index (χ0) is 15.8. The van der Waals surface area contributed by atoms with Crippen molar-refractivity contribution in [1.29, 1.82) is 0 Å². The number of benzene rings is 2. The van der Waals surface area contributed by atoms with Crippen molar-refractivity contribution >= 4 is 35.9 Å². The van der Waals surface area contributed by atoms with Crippen LogP contribution in [0.2, 0.25) is 5.02 Å². The van der Waals surface area contributed by atoms with Crippen molar-refractivity contribution in [2.75, 3.05) is 0 Å². The van der Waals surface area contributed by atoms with Gasteiger partial charge in [0.2, 0.25) is 0 Å². The molecule has 0 aliphatic carbocycles. The lowest BCUT2D eigenvalue weighted by Crippen LogP contribution is -2.28. The van der Waals surface area contributed by atoms with Gasteiger partial charge in [0, 0.05) is 16.8 Å². The first-order valence-electron chi connectivity index (χ1n) is 7.25. The first-order valence-corrected chi connectivity index (χ1v) is 8.44. The Morgan fingerprint density at radius 1 is 1.13 bits per heavy atom. The Kier molecular flexibility index (Phi) is 3.95.